The molecule has 29 heavy (non-hydrogen) atoms. The van der Waals surface area contributed by atoms with Crippen molar-refractivity contribution < 1.29 is 14.4 Å². The molecule has 6 nitrogen and oxygen atoms in total. The number of nitrogens with one attached hydrogen (secondary N) is 1. The van der Waals surface area contributed by atoms with Crippen molar-refractivity contribution in [1.29, 1.82) is 0 Å². The minimum atomic E-state index is -0.717. The monoisotopic (exact) mass is 455 g/mol. The van der Waals surface area contributed by atoms with E-state index in [1.165, 1.54) is 0 Å². The van der Waals surface area contributed by atoms with Crippen molar-refractivity contribution >= 4 is 50.1 Å². The molecule has 7 heteroatoms. The van der Waals surface area contributed by atoms with Crippen LogP contribution in [0.1, 0.15) is 24.2 Å². The lowest BCUT2D eigenvalue weighted by Crippen LogP contribution is -2.33. The number of ketones is 1. The van der Waals surface area contributed by atoms with E-state index in [2.05, 4.69) is 21.2 Å². The van der Waals surface area contributed by atoms with Crippen molar-refractivity contribution in [3.63, 3.8) is 0 Å². The number of nitrogens with zero attached hydrogens (tertiary/aromatic N) is 2. The molecule has 150 valence electrons. The van der Waals surface area contributed by atoms with Crippen molar-refractivity contribution in [3.05, 3.63) is 64.8 Å². The SMILES string of the molecule is CCN(CC)C(=O)Cn1cc(C(=O)C(=O)Nc2ccc(Br)cc2)c2ccccc21. The van der Waals surface area contributed by atoms with E-state index in [0.29, 0.717) is 24.2 Å². The molecule has 2 aromatic carbocycles. The fraction of sp³-hybridized carbons (Fsp3) is 0.227. The summed E-state index contributed by atoms with van der Waals surface area (Å²) in [6.07, 6.45) is 1.59. The molecular weight excluding hydrogens is 434 g/mol. The van der Waals surface area contributed by atoms with E-state index in [1.807, 2.05) is 32.0 Å². The Morgan fingerprint density at radius 2 is 1.66 bits per heavy atom. The Balaban J connectivity index is 1.89. The third-order valence-electron chi connectivity index (χ3n) is 4.76. The molecule has 1 N–H and O–H groups in total. The second-order valence-corrected chi connectivity index (χ2v) is 7.46. The van der Waals surface area contributed by atoms with Crippen LogP contribution in [0.2, 0.25) is 0 Å². The molecule has 3 aromatic rings. The zero-order valence-corrected chi connectivity index (χ0v) is 17.9. The summed E-state index contributed by atoms with van der Waals surface area (Å²) in [6, 6.07) is 14.3. The second kappa shape index (κ2) is 9.05. The Hall–Kier alpha value is -2.93. The zero-order chi connectivity index (χ0) is 21.0. The molecule has 1 aromatic heterocycles. The maximum atomic E-state index is 12.8. The Kier molecular flexibility index (Phi) is 6.49. The van der Waals surface area contributed by atoms with E-state index in [0.717, 1.165) is 9.99 Å². The number of amides is 2. The van der Waals surface area contributed by atoms with Crippen LogP contribution in [0.5, 0.6) is 0 Å². The number of rotatable bonds is 7. The van der Waals surface area contributed by atoms with Crippen LogP contribution in [0, 0.1) is 0 Å². The molecule has 1 heterocycles. The first-order valence-corrected chi connectivity index (χ1v) is 10.2. The van der Waals surface area contributed by atoms with Crippen molar-refractivity contribution in [3.8, 4) is 0 Å². The van der Waals surface area contributed by atoms with Gasteiger partial charge in [-0.05, 0) is 44.2 Å². The Morgan fingerprint density at radius 1 is 1.00 bits per heavy atom. The number of carbonyl (C=O) groups excluding carboxylic acids is 3. The number of fused-ring (bicyclic) bond motifs is 1. The summed E-state index contributed by atoms with van der Waals surface area (Å²) in [5.74, 6) is -1.39. The number of likely N-dealkylation sites (N-methyl/N-ethyl adjacent to an activating group) is 1. The average Bonchev–Trinajstić information content (AvgIpc) is 3.08. The lowest BCUT2D eigenvalue weighted by Gasteiger charge is -2.19. The summed E-state index contributed by atoms with van der Waals surface area (Å²) in [7, 11) is 0. The number of Topliss-reactive ketones (excluding diaryl/α,β-unsaturated/α-hetero) is 1. The van der Waals surface area contributed by atoms with Gasteiger partial charge in [0.15, 0.2) is 0 Å². The van der Waals surface area contributed by atoms with E-state index in [4.69, 9.17) is 0 Å². The summed E-state index contributed by atoms with van der Waals surface area (Å²) < 4.78 is 2.61. The van der Waals surface area contributed by atoms with Crippen LogP contribution < -0.4 is 5.32 Å². The summed E-state index contributed by atoms with van der Waals surface area (Å²) >= 11 is 3.33. The summed E-state index contributed by atoms with van der Waals surface area (Å²) in [6.45, 7) is 5.21. The normalized spacial score (nSPS) is 10.7. The smallest absolute Gasteiger partial charge is 0.296 e. The van der Waals surface area contributed by atoms with Crippen molar-refractivity contribution in [1.82, 2.24) is 9.47 Å². The molecule has 0 atom stereocenters. The molecule has 0 bridgehead atoms. The highest BCUT2D eigenvalue weighted by Gasteiger charge is 2.23. The van der Waals surface area contributed by atoms with Crippen LogP contribution >= 0.6 is 15.9 Å². The van der Waals surface area contributed by atoms with Crippen molar-refractivity contribution in [2.45, 2.75) is 20.4 Å². The van der Waals surface area contributed by atoms with Crippen molar-refractivity contribution in [2.75, 3.05) is 18.4 Å². The molecule has 3 rings (SSSR count). The molecule has 0 aliphatic heterocycles. The minimum absolute atomic E-state index is 0.0333. The van der Waals surface area contributed by atoms with Gasteiger partial charge in [-0.15, -0.1) is 0 Å². The summed E-state index contributed by atoms with van der Waals surface area (Å²) in [5.41, 5.74) is 1.56. The number of para-hydroxylation sites is 1. The molecule has 0 fully saturated rings. The molecule has 0 aliphatic carbocycles. The largest absolute Gasteiger partial charge is 0.342 e. The highest BCUT2D eigenvalue weighted by molar-refractivity contribution is 9.10. The molecule has 0 unspecified atom stereocenters. The first-order chi connectivity index (χ1) is 13.9. The van der Waals surface area contributed by atoms with E-state index in [9.17, 15) is 14.4 Å². The molecule has 0 radical (unpaired) electrons. The molecular formula is C22H22BrN3O3. The summed E-state index contributed by atoms with van der Waals surface area (Å²) in [4.78, 5) is 39.6. The third-order valence-corrected chi connectivity index (χ3v) is 5.29. The maximum Gasteiger partial charge on any atom is 0.296 e. The fourth-order valence-corrected chi connectivity index (χ4v) is 3.49. The molecule has 0 saturated heterocycles. The molecule has 2 amide bonds. The number of hydrogen-bond donors (Lipinski definition) is 1. The zero-order valence-electron chi connectivity index (χ0n) is 16.3. The predicted molar refractivity (Wildman–Crippen MR) is 117 cm³/mol. The van der Waals surface area contributed by atoms with Crippen LogP contribution in [0.15, 0.2) is 59.2 Å². The van der Waals surface area contributed by atoms with Gasteiger partial charge in [-0.2, -0.15) is 0 Å². The van der Waals surface area contributed by atoms with E-state index >= 15 is 0 Å². The van der Waals surface area contributed by atoms with Gasteiger partial charge in [0.1, 0.15) is 6.54 Å². The second-order valence-electron chi connectivity index (χ2n) is 6.54. The molecule has 0 saturated carbocycles. The van der Waals surface area contributed by atoms with Gasteiger partial charge in [-0.25, -0.2) is 0 Å². The average molecular weight is 456 g/mol. The van der Waals surface area contributed by atoms with Gasteiger partial charge in [0.05, 0.1) is 5.56 Å². The third kappa shape index (κ3) is 4.56. The van der Waals surface area contributed by atoms with Crippen molar-refractivity contribution in [2.24, 2.45) is 0 Å². The first-order valence-electron chi connectivity index (χ1n) is 9.41. The first kappa shape index (κ1) is 20.8. The molecule has 0 spiro atoms. The fourth-order valence-electron chi connectivity index (χ4n) is 3.22. The number of aromatic nitrogens is 1. The number of hydrogen-bond acceptors (Lipinski definition) is 3. The topological polar surface area (TPSA) is 71.4 Å². The number of carbonyl (C=O) groups is 3. The van der Waals surface area contributed by atoms with E-state index in [-0.39, 0.29) is 18.0 Å². The van der Waals surface area contributed by atoms with Gasteiger partial charge in [0, 0.05) is 40.3 Å². The van der Waals surface area contributed by atoms with E-state index in [1.54, 1.807) is 46.0 Å². The maximum absolute atomic E-state index is 12.8. The Morgan fingerprint density at radius 3 is 2.31 bits per heavy atom. The molecule has 0 aliphatic rings. The van der Waals surface area contributed by atoms with Crippen LogP contribution in [0.3, 0.4) is 0 Å². The number of benzene rings is 2. The summed E-state index contributed by atoms with van der Waals surface area (Å²) in [5, 5.41) is 3.27. The van der Waals surface area contributed by atoms with Crippen LogP contribution in [-0.4, -0.2) is 40.2 Å². The Bertz CT molecular complexity index is 1050. The van der Waals surface area contributed by atoms with Gasteiger partial charge in [-0.3, -0.25) is 14.4 Å². The van der Waals surface area contributed by atoms with Crippen LogP contribution in [0.4, 0.5) is 5.69 Å². The van der Waals surface area contributed by atoms with Gasteiger partial charge in [0.2, 0.25) is 5.91 Å². The number of halogens is 1. The predicted octanol–water partition coefficient (Wildman–Crippen LogP) is 4.09. The van der Waals surface area contributed by atoms with Gasteiger partial charge >= 0.3 is 0 Å². The lowest BCUT2D eigenvalue weighted by molar-refractivity contribution is -0.131. The Labute approximate surface area is 177 Å². The van der Waals surface area contributed by atoms with Crippen LogP contribution in [-0.2, 0) is 16.1 Å². The van der Waals surface area contributed by atoms with Gasteiger partial charge in [-0.1, -0.05) is 34.1 Å². The highest BCUT2D eigenvalue weighted by atomic mass is 79.9. The van der Waals surface area contributed by atoms with Gasteiger partial charge < -0.3 is 14.8 Å². The van der Waals surface area contributed by atoms with Crippen LogP contribution in [0.25, 0.3) is 10.9 Å². The highest BCUT2D eigenvalue weighted by Crippen LogP contribution is 2.23. The minimum Gasteiger partial charge on any atom is -0.342 e. The lowest BCUT2D eigenvalue weighted by atomic mass is 10.1. The standard InChI is InChI=1S/C22H22BrN3O3/c1-3-25(4-2)20(27)14-26-13-18(17-7-5-6-8-19(17)26)21(28)22(29)24-16-11-9-15(23)10-12-16/h5-13H,3-4,14H2,1-2H3,(H,24,29). The number of anilines is 1. The quantitative estimate of drug-likeness (QED) is 0.430. The van der Waals surface area contributed by atoms with E-state index < -0.39 is 11.7 Å². The van der Waals surface area contributed by atoms with Gasteiger partial charge in [0.25, 0.3) is 11.7 Å².